The largest absolute Gasteiger partial charge is 0.356 e. The summed E-state index contributed by atoms with van der Waals surface area (Å²) in [6, 6.07) is 5.77. The average molecular weight is 219 g/mol. The second-order valence-corrected chi connectivity index (χ2v) is 2.72. The fourth-order valence-corrected chi connectivity index (χ4v) is 1.02. The molecule has 68 valence electrons. The van der Waals surface area contributed by atoms with Crippen LogP contribution in [0.15, 0.2) is 24.3 Å². The second-order valence-electron chi connectivity index (χ2n) is 2.22. The molecule has 0 aliphatic heterocycles. The first-order chi connectivity index (χ1) is 6.15. The quantitative estimate of drug-likeness (QED) is 0.717. The maximum Gasteiger partial charge on any atom is 0.356 e. The van der Waals surface area contributed by atoms with E-state index >= 15 is 0 Å². The Bertz CT molecular complexity index is 349. The summed E-state index contributed by atoms with van der Waals surface area (Å²) in [5.74, 6) is -0.721. The first kappa shape index (κ1) is 10.0. The Kier molecular flexibility index (Phi) is 3.28. The zero-order chi connectivity index (χ0) is 9.84. The number of rotatable bonds is 2. The lowest BCUT2D eigenvalue weighted by molar-refractivity contribution is 0.0751. The van der Waals surface area contributed by atoms with Crippen LogP contribution in [0.2, 0.25) is 0 Å². The molecule has 1 aromatic rings. The van der Waals surface area contributed by atoms with E-state index < -0.39 is 11.2 Å². The molecule has 0 aromatic heterocycles. The summed E-state index contributed by atoms with van der Waals surface area (Å²) >= 11 is 10.0. The van der Waals surface area contributed by atoms with Crippen molar-refractivity contribution < 1.29 is 13.9 Å². The van der Waals surface area contributed by atoms with Crippen LogP contribution in [0.5, 0.6) is 0 Å². The summed E-state index contributed by atoms with van der Waals surface area (Å²) < 4.78 is 3.95. The lowest BCUT2D eigenvalue weighted by Crippen LogP contribution is -1.99. The molecule has 1 rings (SSSR count). The van der Waals surface area contributed by atoms with Crippen molar-refractivity contribution in [2.45, 2.75) is 0 Å². The minimum Gasteiger partial charge on any atom is -0.343 e. The van der Waals surface area contributed by atoms with Crippen LogP contribution < -0.4 is 0 Å². The monoisotopic (exact) mass is 218 g/mol. The van der Waals surface area contributed by atoms with Crippen molar-refractivity contribution in [3.8, 4) is 0 Å². The normalized spacial score (nSPS) is 9.38. The van der Waals surface area contributed by atoms with Crippen LogP contribution in [0, 0.1) is 0 Å². The van der Waals surface area contributed by atoms with Gasteiger partial charge in [0.25, 0.3) is 5.24 Å². The van der Waals surface area contributed by atoms with Crippen molar-refractivity contribution in [1.82, 2.24) is 0 Å². The Morgan fingerprint density at radius 2 is 1.85 bits per heavy atom. The Labute approximate surface area is 84.4 Å². The van der Waals surface area contributed by atoms with E-state index in [1.807, 2.05) is 0 Å². The molecule has 0 aliphatic carbocycles. The van der Waals surface area contributed by atoms with Gasteiger partial charge in [-0.1, -0.05) is 12.1 Å². The van der Waals surface area contributed by atoms with Gasteiger partial charge in [-0.05, 0) is 23.7 Å². The molecule has 0 fully saturated rings. The maximum absolute atomic E-state index is 10.9. The van der Waals surface area contributed by atoms with E-state index in [0.29, 0.717) is 0 Å². The molecule has 13 heavy (non-hydrogen) atoms. The SMILES string of the molecule is O=C(Cl)c1cccc(C(=O)OCl)c1. The van der Waals surface area contributed by atoms with Gasteiger partial charge in [0.05, 0.1) is 5.56 Å². The summed E-state index contributed by atoms with van der Waals surface area (Å²) in [6.07, 6.45) is 0. The molecule has 5 heteroatoms. The summed E-state index contributed by atoms with van der Waals surface area (Å²) in [7, 11) is 0. The standard InChI is InChI=1S/C8H4Cl2O3/c9-7(11)5-2-1-3-6(4-5)8(12)13-10/h1-4H. The van der Waals surface area contributed by atoms with Crippen LogP contribution in [0.4, 0.5) is 0 Å². The van der Waals surface area contributed by atoms with Gasteiger partial charge < -0.3 is 4.29 Å². The lowest BCUT2D eigenvalue weighted by Gasteiger charge is -1.97. The molecular weight excluding hydrogens is 215 g/mol. The van der Waals surface area contributed by atoms with Gasteiger partial charge >= 0.3 is 5.97 Å². The molecule has 0 bridgehead atoms. The fraction of sp³-hybridized carbons (Fsp3) is 0. The molecule has 0 saturated carbocycles. The third kappa shape index (κ3) is 2.44. The van der Waals surface area contributed by atoms with E-state index in [1.54, 1.807) is 0 Å². The Balaban J connectivity index is 3.05. The van der Waals surface area contributed by atoms with Crippen LogP contribution in [-0.2, 0) is 4.29 Å². The molecular formula is C8H4Cl2O3. The van der Waals surface area contributed by atoms with E-state index in [4.69, 9.17) is 23.5 Å². The van der Waals surface area contributed by atoms with Crippen LogP contribution in [0.1, 0.15) is 20.7 Å². The first-order valence-electron chi connectivity index (χ1n) is 3.28. The van der Waals surface area contributed by atoms with Crippen molar-refractivity contribution in [3.05, 3.63) is 35.4 Å². The Morgan fingerprint density at radius 1 is 1.23 bits per heavy atom. The molecule has 0 atom stereocenters. The van der Waals surface area contributed by atoms with E-state index in [-0.39, 0.29) is 11.1 Å². The minimum absolute atomic E-state index is 0.182. The third-order valence-corrected chi connectivity index (χ3v) is 1.75. The topological polar surface area (TPSA) is 43.4 Å². The predicted molar refractivity (Wildman–Crippen MR) is 47.9 cm³/mol. The predicted octanol–water partition coefficient (Wildman–Crippen LogP) is 2.38. The number of benzene rings is 1. The van der Waals surface area contributed by atoms with Gasteiger partial charge in [-0.25, -0.2) is 4.79 Å². The van der Waals surface area contributed by atoms with Gasteiger partial charge in [0, 0.05) is 5.56 Å². The highest BCUT2D eigenvalue weighted by molar-refractivity contribution is 6.67. The van der Waals surface area contributed by atoms with Crippen LogP contribution in [-0.4, -0.2) is 11.2 Å². The van der Waals surface area contributed by atoms with Crippen molar-refractivity contribution >= 4 is 34.7 Å². The fourth-order valence-electron chi connectivity index (χ4n) is 0.813. The number of carbonyl (C=O) groups is 2. The summed E-state index contributed by atoms with van der Waals surface area (Å²) in [6.45, 7) is 0. The van der Waals surface area contributed by atoms with Crippen molar-refractivity contribution in [1.29, 1.82) is 0 Å². The number of halogens is 2. The highest BCUT2D eigenvalue weighted by Crippen LogP contribution is 2.09. The highest BCUT2D eigenvalue weighted by atomic mass is 35.5. The molecule has 0 amide bonds. The van der Waals surface area contributed by atoms with Gasteiger partial charge in [0.2, 0.25) is 0 Å². The Hall–Kier alpha value is -1.06. The molecule has 0 saturated heterocycles. The summed E-state index contributed by atoms with van der Waals surface area (Å²) in [5, 5.41) is -0.635. The van der Waals surface area contributed by atoms with Crippen LogP contribution in [0.25, 0.3) is 0 Å². The zero-order valence-electron chi connectivity index (χ0n) is 6.29. The molecule has 0 N–H and O–H groups in total. The molecule has 3 nitrogen and oxygen atoms in total. The summed E-state index contributed by atoms with van der Waals surface area (Å²) in [4.78, 5) is 21.6. The summed E-state index contributed by atoms with van der Waals surface area (Å²) in [5.41, 5.74) is 0.405. The Morgan fingerprint density at radius 3 is 2.38 bits per heavy atom. The molecule has 0 radical (unpaired) electrons. The molecule has 0 spiro atoms. The van der Waals surface area contributed by atoms with Gasteiger partial charge in [-0.3, -0.25) is 4.79 Å². The lowest BCUT2D eigenvalue weighted by atomic mass is 10.1. The van der Waals surface area contributed by atoms with E-state index in [2.05, 4.69) is 4.29 Å². The highest BCUT2D eigenvalue weighted by Gasteiger charge is 2.09. The first-order valence-corrected chi connectivity index (χ1v) is 3.96. The van der Waals surface area contributed by atoms with E-state index in [9.17, 15) is 9.59 Å². The zero-order valence-corrected chi connectivity index (χ0v) is 7.80. The number of hydrogen-bond acceptors (Lipinski definition) is 3. The van der Waals surface area contributed by atoms with Gasteiger partial charge in [-0.15, -0.1) is 0 Å². The third-order valence-electron chi connectivity index (χ3n) is 1.40. The van der Waals surface area contributed by atoms with Gasteiger partial charge in [0.15, 0.2) is 0 Å². The van der Waals surface area contributed by atoms with Crippen molar-refractivity contribution in [2.24, 2.45) is 0 Å². The maximum atomic E-state index is 10.9. The van der Waals surface area contributed by atoms with Crippen LogP contribution >= 0.6 is 23.5 Å². The van der Waals surface area contributed by atoms with Gasteiger partial charge in [-0.2, -0.15) is 0 Å². The van der Waals surface area contributed by atoms with Crippen molar-refractivity contribution in [3.63, 3.8) is 0 Å². The molecule has 0 heterocycles. The molecule has 0 aliphatic rings. The minimum atomic E-state index is -0.721. The van der Waals surface area contributed by atoms with E-state index in [0.717, 1.165) is 0 Å². The number of carbonyl (C=O) groups excluding carboxylic acids is 2. The molecule has 0 unspecified atom stereocenters. The van der Waals surface area contributed by atoms with Crippen LogP contribution in [0.3, 0.4) is 0 Å². The average Bonchev–Trinajstić information content (AvgIpc) is 2.17. The van der Waals surface area contributed by atoms with Gasteiger partial charge in [0.1, 0.15) is 11.9 Å². The number of hydrogen-bond donors (Lipinski definition) is 0. The smallest absolute Gasteiger partial charge is 0.343 e. The second kappa shape index (κ2) is 4.25. The van der Waals surface area contributed by atoms with E-state index in [1.165, 1.54) is 24.3 Å². The van der Waals surface area contributed by atoms with Crippen molar-refractivity contribution in [2.75, 3.05) is 0 Å². The molecule has 1 aromatic carbocycles.